The smallest absolute Gasteiger partial charge is 0.0305 e. The predicted molar refractivity (Wildman–Crippen MR) is 147 cm³/mol. The van der Waals surface area contributed by atoms with E-state index in [4.69, 9.17) is 0 Å². The van der Waals surface area contributed by atoms with Crippen LogP contribution in [0.25, 0.3) is 17.2 Å². The van der Waals surface area contributed by atoms with Crippen LogP contribution in [0.1, 0.15) is 64.0 Å². The van der Waals surface area contributed by atoms with Gasteiger partial charge in [-0.15, -0.1) is 0 Å². The van der Waals surface area contributed by atoms with Crippen molar-refractivity contribution in [2.24, 2.45) is 0 Å². The van der Waals surface area contributed by atoms with Crippen LogP contribution in [0.3, 0.4) is 0 Å². The maximum absolute atomic E-state index is 2.63. The van der Waals surface area contributed by atoms with Crippen LogP contribution in [0.15, 0.2) is 71.6 Å². The first-order valence-corrected chi connectivity index (χ1v) is 15.4. The van der Waals surface area contributed by atoms with Crippen LogP contribution in [0, 0.1) is 13.8 Å². The van der Waals surface area contributed by atoms with Gasteiger partial charge in [0.15, 0.2) is 0 Å². The summed E-state index contributed by atoms with van der Waals surface area (Å²) in [6.45, 7) is 9.40. The molecule has 0 saturated carbocycles. The summed E-state index contributed by atoms with van der Waals surface area (Å²) in [7, 11) is -2.41. The average Bonchev–Trinajstić information content (AvgIpc) is 3.31. The lowest BCUT2D eigenvalue weighted by Gasteiger charge is -2.61. The van der Waals surface area contributed by atoms with Crippen molar-refractivity contribution in [3.05, 3.63) is 111 Å². The lowest BCUT2D eigenvalue weighted by atomic mass is 9.98. The van der Waals surface area contributed by atoms with E-state index in [-0.39, 0.29) is 0 Å². The van der Waals surface area contributed by atoms with Gasteiger partial charge in [0, 0.05) is 11.2 Å². The molecule has 166 valence electrons. The fourth-order valence-corrected chi connectivity index (χ4v) is 12.4. The van der Waals surface area contributed by atoms with Crippen molar-refractivity contribution in [3.8, 4) is 0 Å². The van der Waals surface area contributed by atoms with Gasteiger partial charge in [-0.05, 0) is 101 Å². The highest BCUT2D eigenvalue weighted by molar-refractivity contribution is 8.51. The largest absolute Gasteiger partial charge is 0.262 e. The molecule has 0 saturated heterocycles. The van der Waals surface area contributed by atoms with Gasteiger partial charge in [0.1, 0.15) is 0 Å². The molecule has 3 aromatic rings. The molecule has 0 heterocycles. The third-order valence-corrected chi connectivity index (χ3v) is 12.9. The maximum atomic E-state index is 2.63. The van der Waals surface area contributed by atoms with Crippen LogP contribution < -0.4 is 0 Å². The Bertz CT molecular complexity index is 1300. The number of rotatable bonds is 3. The highest BCUT2D eigenvalue weighted by Crippen LogP contribution is 2.84. The summed E-state index contributed by atoms with van der Waals surface area (Å²) < 4.78 is 0. The van der Waals surface area contributed by atoms with Crippen molar-refractivity contribution >= 4 is 26.4 Å². The molecule has 32 heavy (non-hydrogen) atoms. The first-order valence-electron chi connectivity index (χ1n) is 11.8. The summed E-state index contributed by atoms with van der Waals surface area (Å²) in [5.41, 5.74) is 13.2. The molecular formula is C31H36S. The summed E-state index contributed by atoms with van der Waals surface area (Å²) in [6.07, 6.45) is 10.4. The molecule has 0 bridgehead atoms. The molecule has 2 aliphatic carbocycles. The zero-order valence-corrected chi connectivity index (χ0v) is 21.4. The van der Waals surface area contributed by atoms with Crippen LogP contribution >= 0.6 is 9.16 Å². The third-order valence-electron chi connectivity index (χ3n) is 8.09. The topological polar surface area (TPSA) is 0 Å². The SMILES string of the molecule is CC1=C([SH](C)(C)(C)C2C(c3ccccc3)=Cc3c(C)ccc(C)c32)C(C)c2ccccc21. The molecule has 0 aliphatic heterocycles. The van der Waals surface area contributed by atoms with Crippen LogP contribution in [0.2, 0.25) is 0 Å². The van der Waals surface area contributed by atoms with Crippen LogP contribution in [0.5, 0.6) is 0 Å². The van der Waals surface area contributed by atoms with Crippen molar-refractivity contribution < 1.29 is 0 Å². The van der Waals surface area contributed by atoms with Crippen molar-refractivity contribution in [3.63, 3.8) is 0 Å². The van der Waals surface area contributed by atoms with Gasteiger partial charge in [0.2, 0.25) is 0 Å². The Hall–Kier alpha value is -2.51. The second-order valence-corrected chi connectivity index (χ2v) is 18.0. The van der Waals surface area contributed by atoms with E-state index in [1.807, 2.05) is 0 Å². The minimum absolute atomic E-state index is 0.417. The second kappa shape index (κ2) is 6.99. The second-order valence-electron chi connectivity index (χ2n) is 11.1. The maximum Gasteiger partial charge on any atom is 0.0305 e. The third kappa shape index (κ3) is 2.90. The fourth-order valence-electron chi connectivity index (χ4n) is 6.87. The lowest BCUT2D eigenvalue weighted by molar-refractivity contribution is 0.963. The number of benzene rings is 3. The summed E-state index contributed by atoms with van der Waals surface area (Å²) in [4.78, 5) is 1.71. The van der Waals surface area contributed by atoms with E-state index < -0.39 is 9.16 Å². The zero-order valence-electron chi connectivity index (χ0n) is 20.5. The van der Waals surface area contributed by atoms with Crippen LogP contribution in [0.4, 0.5) is 0 Å². The Balaban J connectivity index is 1.80. The summed E-state index contributed by atoms with van der Waals surface area (Å²) in [5.74, 6) is 0.468. The summed E-state index contributed by atoms with van der Waals surface area (Å²) in [5, 5.41) is 0.417. The number of fused-ring (bicyclic) bond motifs is 2. The Morgan fingerprint density at radius 1 is 0.719 bits per heavy atom. The molecule has 5 rings (SSSR count). The summed E-state index contributed by atoms with van der Waals surface area (Å²) >= 11 is 0. The molecule has 0 radical (unpaired) electrons. The van der Waals surface area contributed by atoms with E-state index >= 15 is 0 Å². The Kier molecular flexibility index (Phi) is 4.66. The molecule has 0 amide bonds. The molecule has 2 atom stereocenters. The minimum Gasteiger partial charge on any atom is -0.262 e. The molecule has 0 aromatic heterocycles. The molecular weight excluding hydrogens is 404 g/mol. The average molecular weight is 441 g/mol. The normalized spacial score (nSPS) is 21.1. The number of thiol groups is 1. The molecule has 0 nitrogen and oxygen atoms in total. The van der Waals surface area contributed by atoms with Gasteiger partial charge in [-0.1, -0.05) is 73.7 Å². The monoisotopic (exact) mass is 440 g/mol. The quantitative estimate of drug-likeness (QED) is 0.388. The molecule has 3 aromatic carbocycles. The minimum atomic E-state index is -2.41. The van der Waals surface area contributed by atoms with Gasteiger partial charge in [0.25, 0.3) is 0 Å². The van der Waals surface area contributed by atoms with Crippen LogP contribution in [-0.4, -0.2) is 18.8 Å². The standard InChI is InChI=1S/C31H36S/c1-20-17-18-21(2)29-27(20)19-28(24-13-9-8-10-14-24)31(29)32(5,6,7)30-22(3)25-15-11-12-16-26(25)23(30)4/h8-19,22,31-32H,1-7H3. The lowest BCUT2D eigenvalue weighted by Crippen LogP contribution is -2.26. The summed E-state index contributed by atoms with van der Waals surface area (Å²) in [6, 6.07) is 24.8. The van der Waals surface area contributed by atoms with Crippen LogP contribution in [-0.2, 0) is 0 Å². The van der Waals surface area contributed by atoms with E-state index in [1.165, 1.54) is 44.5 Å². The number of aryl methyl sites for hydroxylation is 2. The van der Waals surface area contributed by atoms with Gasteiger partial charge in [-0.3, -0.25) is 9.16 Å². The highest BCUT2D eigenvalue weighted by Gasteiger charge is 2.49. The van der Waals surface area contributed by atoms with Crippen molar-refractivity contribution in [2.45, 2.75) is 38.9 Å². The molecule has 2 aliphatic rings. The number of allylic oxidation sites excluding steroid dienone is 2. The van der Waals surface area contributed by atoms with Crippen molar-refractivity contribution in [2.75, 3.05) is 18.8 Å². The van der Waals surface area contributed by atoms with Crippen molar-refractivity contribution in [1.29, 1.82) is 0 Å². The predicted octanol–water partition coefficient (Wildman–Crippen LogP) is 8.41. The first kappa shape index (κ1) is 21.3. The number of hydrogen-bond donors (Lipinski definition) is 1. The Morgan fingerprint density at radius 3 is 2.03 bits per heavy atom. The van der Waals surface area contributed by atoms with Gasteiger partial charge in [0.05, 0.1) is 0 Å². The molecule has 2 unspecified atom stereocenters. The number of hydrogen-bond acceptors (Lipinski definition) is 0. The Morgan fingerprint density at radius 2 is 1.34 bits per heavy atom. The van der Waals surface area contributed by atoms with Gasteiger partial charge >= 0.3 is 0 Å². The molecule has 0 fully saturated rings. The van der Waals surface area contributed by atoms with Crippen molar-refractivity contribution in [1.82, 2.24) is 0 Å². The van der Waals surface area contributed by atoms with E-state index in [9.17, 15) is 0 Å². The van der Waals surface area contributed by atoms with Gasteiger partial charge in [-0.2, -0.15) is 0 Å². The first-order chi connectivity index (χ1) is 15.1. The Labute approximate surface area is 194 Å². The van der Waals surface area contributed by atoms with E-state index in [1.54, 1.807) is 10.5 Å². The molecule has 0 N–H and O–H groups in total. The zero-order chi connectivity index (χ0) is 22.9. The molecule has 1 heteroatoms. The highest BCUT2D eigenvalue weighted by atomic mass is 32.3. The van der Waals surface area contributed by atoms with Gasteiger partial charge in [-0.25, -0.2) is 0 Å². The van der Waals surface area contributed by atoms with E-state index in [0.717, 1.165) is 0 Å². The molecule has 0 spiro atoms. The van der Waals surface area contributed by atoms with E-state index in [2.05, 4.69) is 119 Å². The van der Waals surface area contributed by atoms with Gasteiger partial charge < -0.3 is 0 Å². The fraction of sp³-hybridized carbons (Fsp3) is 0.290. The van der Waals surface area contributed by atoms with E-state index in [0.29, 0.717) is 11.2 Å².